The molecule has 3 aromatic carbocycles. The second-order valence-corrected chi connectivity index (χ2v) is 20.7. The maximum absolute atomic E-state index is 14.2. The summed E-state index contributed by atoms with van der Waals surface area (Å²) in [4.78, 5) is 40.2. The van der Waals surface area contributed by atoms with Crippen LogP contribution in [0.4, 0.5) is 11.4 Å². The van der Waals surface area contributed by atoms with Crippen LogP contribution >= 0.6 is 11.6 Å². The molecule has 3 fully saturated rings. The zero-order valence-corrected chi connectivity index (χ0v) is 38.5. The first kappa shape index (κ1) is 44.0. The number of nitrogens with one attached hydrogen (secondary N) is 2. The topological polar surface area (TPSA) is 181 Å². The number of morpholine rings is 1. The molecule has 2 saturated heterocycles. The fourth-order valence-corrected chi connectivity index (χ4v) is 10.7. The van der Waals surface area contributed by atoms with Crippen LogP contribution in [0.2, 0.25) is 5.02 Å². The molecule has 0 spiro atoms. The summed E-state index contributed by atoms with van der Waals surface area (Å²) in [6.07, 6.45) is 8.60. The van der Waals surface area contributed by atoms with Crippen molar-refractivity contribution < 1.29 is 27.6 Å². The number of carbonyl (C=O) groups excluding carboxylic acids is 1. The van der Waals surface area contributed by atoms with Crippen LogP contribution in [0.25, 0.3) is 33.3 Å². The summed E-state index contributed by atoms with van der Waals surface area (Å²) in [5.41, 5.74) is 6.87. The summed E-state index contributed by atoms with van der Waals surface area (Å²) < 4.78 is 43.3. The van der Waals surface area contributed by atoms with Crippen LogP contribution in [-0.2, 0) is 14.8 Å². The van der Waals surface area contributed by atoms with Gasteiger partial charge in [-0.2, -0.15) is 5.10 Å². The molecule has 0 radical (unpaired) electrons. The van der Waals surface area contributed by atoms with Gasteiger partial charge in [-0.3, -0.25) is 24.7 Å². The number of amides is 1. The van der Waals surface area contributed by atoms with Crippen LogP contribution in [0.3, 0.4) is 0 Å². The number of hydrogen-bond donors (Lipinski definition) is 2. The molecule has 0 bridgehead atoms. The predicted molar refractivity (Wildman–Crippen MR) is 253 cm³/mol. The zero-order valence-electron chi connectivity index (χ0n) is 36.9. The fraction of sp³-hybridized carbons (Fsp3) is 0.396. The van der Waals surface area contributed by atoms with Crippen LogP contribution in [0.1, 0.15) is 61.9 Å². The molecule has 16 nitrogen and oxygen atoms in total. The number of carbonyl (C=O) groups is 1. The minimum atomic E-state index is -4.62. The Morgan fingerprint density at radius 2 is 1.83 bits per heavy atom. The Hall–Kier alpha value is -5.85. The largest absolute Gasteiger partial charge is 0.484 e. The maximum atomic E-state index is 14.2. The summed E-state index contributed by atoms with van der Waals surface area (Å²) in [6, 6.07) is 21.1. The third-order valence-corrected chi connectivity index (χ3v) is 15.0. The van der Waals surface area contributed by atoms with Gasteiger partial charge >= 0.3 is 5.69 Å². The van der Waals surface area contributed by atoms with Crippen molar-refractivity contribution in [3.8, 4) is 11.4 Å². The number of rotatable bonds is 13. The van der Waals surface area contributed by atoms with Gasteiger partial charge < -0.3 is 19.4 Å². The molecule has 18 heteroatoms. The summed E-state index contributed by atoms with van der Waals surface area (Å²) >= 11 is 6.26. The normalized spacial score (nSPS) is 19.7. The van der Waals surface area contributed by atoms with E-state index in [1.807, 2.05) is 36.4 Å². The van der Waals surface area contributed by atoms with Crippen LogP contribution in [0.15, 0.2) is 95.7 Å². The van der Waals surface area contributed by atoms with E-state index in [0.29, 0.717) is 41.6 Å². The van der Waals surface area contributed by atoms with Crippen molar-refractivity contribution >= 4 is 66.5 Å². The number of H-pyrrole nitrogens is 1. The number of nitro groups is 1. The number of anilines is 1. The number of benzene rings is 3. The number of aromatic nitrogens is 4. The number of piperazine rings is 1. The van der Waals surface area contributed by atoms with E-state index in [1.54, 1.807) is 23.1 Å². The predicted octanol–water partition coefficient (Wildman–Crippen LogP) is 7.61. The third-order valence-electron chi connectivity index (χ3n) is 13.4. The van der Waals surface area contributed by atoms with E-state index in [9.17, 15) is 23.3 Å². The lowest BCUT2D eigenvalue weighted by atomic mass is 9.72. The summed E-state index contributed by atoms with van der Waals surface area (Å²) in [6.45, 7) is 10.7. The average Bonchev–Trinajstić information content (AvgIpc) is 3.93. The van der Waals surface area contributed by atoms with E-state index in [4.69, 9.17) is 26.1 Å². The first-order chi connectivity index (χ1) is 31.8. The molecule has 344 valence electrons. The van der Waals surface area contributed by atoms with Crippen molar-refractivity contribution in [1.29, 1.82) is 0 Å². The fourth-order valence-electron chi connectivity index (χ4n) is 9.56. The minimum Gasteiger partial charge on any atom is -0.484 e. The second-order valence-electron chi connectivity index (χ2n) is 18.6. The highest BCUT2D eigenvalue weighted by atomic mass is 35.5. The number of ether oxygens (including phenoxy) is 2. The lowest BCUT2D eigenvalue weighted by Gasteiger charge is -2.39. The number of nitro benzene ring substituents is 1. The highest BCUT2D eigenvalue weighted by Gasteiger charge is 2.34. The molecule has 2 aliphatic carbocycles. The molecule has 6 aromatic rings. The van der Waals surface area contributed by atoms with Crippen LogP contribution in [-0.4, -0.2) is 120 Å². The number of halogens is 1. The van der Waals surface area contributed by atoms with Crippen molar-refractivity contribution in [2.45, 2.75) is 63.0 Å². The number of allylic oxidation sites excluding steroid dienone is 1. The summed E-state index contributed by atoms with van der Waals surface area (Å²) in [7, 11) is -4.62. The second kappa shape index (κ2) is 17.8. The molecule has 1 saturated carbocycles. The third kappa shape index (κ3) is 9.27. The molecular formula is C48H52ClN9O7S. The van der Waals surface area contributed by atoms with E-state index in [-0.39, 0.29) is 29.4 Å². The Morgan fingerprint density at radius 1 is 1.03 bits per heavy atom. The summed E-state index contributed by atoms with van der Waals surface area (Å²) in [5, 5.41) is 18.5. The molecule has 5 heterocycles. The Bertz CT molecular complexity index is 2980. The number of sulfonamides is 1. The maximum Gasteiger partial charge on any atom is 0.312 e. The summed E-state index contributed by atoms with van der Waals surface area (Å²) in [5.74, 6) is -1.02. The molecule has 10 rings (SSSR count). The minimum absolute atomic E-state index is 0.0317. The lowest BCUT2D eigenvalue weighted by molar-refractivity contribution is -0.386. The number of nitrogens with zero attached hydrogens (tertiary/aromatic N) is 7. The molecule has 66 heavy (non-hydrogen) atoms. The molecule has 1 amide bonds. The first-order valence-corrected chi connectivity index (χ1v) is 24.4. The van der Waals surface area contributed by atoms with Crippen molar-refractivity contribution in [3.63, 3.8) is 0 Å². The van der Waals surface area contributed by atoms with Gasteiger partial charge in [0.25, 0.3) is 15.9 Å². The highest BCUT2D eigenvalue weighted by Crippen LogP contribution is 2.43. The Labute approximate surface area is 387 Å². The van der Waals surface area contributed by atoms with Gasteiger partial charge in [-0.1, -0.05) is 43.2 Å². The van der Waals surface area contributed by atoms with Crippen LogP contribution in [0.5, 0.6) is 5.75 Å². The van der Waals surface area contributed by atoms with Gasteiger partial charge in [-0.15, -0.1) is 0 Å². The van der Waals surface area contributed by atoms with Gasteiger partial charge in [0.15, 0.2) is 5.75 Å². The molecule has 2 aliphatic heterocycles. The standard InChI is InChI=1S/C48H52ClN9O7S/c1-48(2)15-13-33(40(26-48)31-3-5-34(49)6-4-31)28-54-17-19-55(20-18-54)36-9-11-39(42(24-36)57-43-23-32-14-16-50-46(32)52-41(43)27-51-57)47(59)53-66(62,63)38-10-12-45(44(25-38)58(60)61)65-30-37-29-56(21-22-64-37)35-7-8-35/h3-6,9-12,14,16,23-25,27,35,37H,7-8,13,15,17-22,26,28-30H2,1-2H3,(H,50,52)(H,53,59)/t37-/m0/s1. The van der Waals surface area contributed by atoms with Crippen molar-refractivity contribution in [2.75, 3.05) is 63.9 Å². The van der Waals surface area contributed by atoms with Gasteiger partial charge in [0.2, 0.25) is 0 Å². The highest BCUT2D eigenvalue weighted by molar-refractivity contribution is 7.90. The quantitative estimate of drug-likeness (QED) is 0.0856. The Morgan fingerprint density at radius 3 is 2.61 bits per heavy atom. The average molecular weight is 935 g/mol. The zero-order chi connectivity index (χ0) is 45.7. The van der Waals surface area contributed by atoms with Gasteiger partial charge in [0.05, 0.1) is 39.4 Å². The van der Waals surface area contributed by atoms with Gasteiger partial charge in [-0.25, -0.2) is 22.8 Å². The van der Waals surface area contributed by atoms with Gasteiger partial charge in [-0.05, 0) is 103 Å². The number of fused-ring (bicyclic) bond motifs is 2. The molecular weight excluding hydrogens is 882 g/mol. The molecule has 4 aliphatic rings. The SMILES string of the molecule is CC1(C)CCC(CN2CCN(c3ccc(C(=O)NS(=O)(=O)c4ccc(OC[C@@H]5CN(C6CC6)CCO5)c([N+](=O)[O-])c4)c(-n4ncc5nc6[nH]ccc6cc54)c3)CC2)=C(c2ccc(Cl)cc2)C1. The van der Waals surface area contributed by atoms with Crippen LogP contribution in [0, 0.1) is 15.5 Å². The van der Waals surface area contributed by atoms with Crippen molar-refractivity contribution in [2.24, 2.45) is 5.41 Å². The van der Waals surface area contributed by atoms with Crippen LogP contribution < -0.4 is 14.4 Å². The molecule has 0 unspecified atom stereocenters. The molecule has 1 atom stereocenters. The van der Waals surface area contributed by atoms with E-state index in [1.165, 1.54) is 28.8 Å². The van der Waals surface area contributed by atoms with E-state index in [0.717, 1.165) is 93.5 Å². The van der Waals surface area contributed by atoms with E-state index in [2.05, 4.69) is 55.5 Å². The van der Waals surface area contributed by atoms with Crippen molar-refractivity contribution in [1.82, 2.24) is 34.3 Å². The monoisotopic (exact) mass is 933 g/mol. The smallest absolute Gasteiger partial charge is 0.312 e. The molecule has 3 aromatic heterocycles. The van der Waals surface area contributed by atoms with Gasteiger partial charge in [0, 0.05) is 80.2 Å². The first-order valence-electron chi connectivity index (χ1n) is 22.5. The number of aromatic amines is 1. The Balaban J connectivity index is 0.894. The number of pyridine rings is 1. The van der Waals surface area contributed by atoms with Crippen molar-refractivity contribution in [3.05, 3.63) is 117 Å². The lowest BCUT2D eigenvalue weighted by Crippen LogP contribution is -2.47. The van der Waals surface area contributed by atoms with E-state index >= 15 is 0 Å². The Kier molecular flexibility index (Phi) is 11.8. The van der Waals surface area contributed by atoms with E-state index < -0.39 is 31.4 Å². The molecule has 2 N–H and O–H groups in total. The number of hydrogen-bond acceptors (Lipinski definition) is 12. The van der Waals surface area contributed by atoms with Gasteiger partial charge in [0.1, 0.15) is 23.9 Å².